The van der Waals surface area contributed by atoms with Crippen LogP contribution in [0.5, 0.6) is 0 Å². The van der Waals surface area contributed by atoms with Crippen molar-refractivity contribution in [2.45, 2.75) is 6.42 Å². The normalized spacial score (nSPS) is 27.8. The molecule has 0 N–H and O–H groups in total. The van der Waals surface area contributed by atoms with Crippen LogP contribution in [0.15, 0.2) is 5.10 Å². The summed E-state index contributed by atoms with van der Waals surface area (Å²) in [5, 5.41) is 13.2. The van der Waals surface area contributed by atoms with E-state index < -0.39 is 5.03 Å². The molecule has 2 heterocycles. The zero-order valence-electron chi connectivity index (χ0n) is 9.74. The predicted molar refractivity (Wildman–Crippen MR) is 58.6 cm³/mol. The zero-order valence-corrected chi connectivity index (χ0v) is 9.74. The number of rotatable bonds is 3. The molecule has 2 aliphatic rings. The zero-order chi connectivity index (χ0) is 12.3. The van der Waals surface area contributed by atoms with Crippen molar-refractivity contribution in [3.63, 3.8) is 0 Å². The molecule has 2 aliphatic heterocycles. The molecular formula is C9H16N4O4. The topological polar surface area (TPSA) is 80.4 Å². The lowest BCUT2D eigenvalue weighted by Crippen LogP contribution is -2.51. The Morgan fingerprint density at radius 2 is 2.35 bits per heavy atom. The van der Waals surface area contributed by atoms with Crippen LogP contribution >= 0.6 is 0 Å². The molecule has 0 amide bonds. The van der Waals surface area contributed by atoms with Crippen molar-refractivity contribution in [3.05, 3.63) is 10.1 Å². The Bertz CT molecular complexity index is 316. The van der Waals surface area contributed by atoms with E-state index in [9.17, 15) is 10.1 Å². The average molecular weight is 244 g/mol. The Hall–Kier alpha value is -1.41. The molecule has 2 rings (SSSR count). The van der Waals surface area contributed by atoms with Crippen LogP contribution in [-0.4, -0.2) is 61.1 Å². The van der Waals surface area contributed by atoms with Crippen LogP contribution in [0.3, 0.4) is 0 Å². The van der Waals surface area contributed by atoms with Crippen molar-refractivity contribution >= 4 is 5.96 Å². The van der Waals surface area contributed by atoms with Gasteiger partial charge in [-0.3, -0.25) is 0 Å². The lowest BCUT2D eigenvalue weighted by atomic mass is 10.1. The molecule has 2 saturated heterocycles. The van der Waals surface area contributed by atoms with Crippen LogP contribution < -0.4 is 0 Å². The number of hydrazone groups is 1. The van der Waals surface area contributed by atoms with Gasteiger partial charge < -0.3 is 19.3 Å². The van der Waals surface area contributed by atoms with Crippen molar-refractivity contribution in [2.75, 3.05) is 40.3 Å². The number of ether oxygens (including phenoxy) is 2. The number of hydrogen-bond acceptors (Lipinski definition) is 4. The molecule has 2 fully saturated rings. The molecule has 0 bridgehead atoms. The van der Waals surface area contributed by atoms with Crippen LogP contribution in [0, 0.1) is 16.0 Å². The molecule has 8 nitrogen and oxygen atoms in total. The Balaban J connectivity index is 2.03. The van der Waals surface area contributed by atoms with E-state index in [1.54, 1.807) is 16.8 Å². The molecule has 0 aromatic carbocycles. The fraction of sp³-hybridized carbons (Fsp3) is 0.889. The van der Waals surface area contributed by atoms with Gasteiger partial charge >= 0.3 is 0 Å². The monoisotopic (exact) mass is 244 g/mol. The van der Waals surface area contributed by atoms with Gasteiger partial charge in [-0.05, 0) is 6.42 Å². The SMILES string of the molecule is CN1COCN(CC2CCOC2)/C1=N\[N+](=O)[O-]. The first kappa shape index (κ1) is 12.1. The number of guanidine groups is 1. The number of nitrogens with zero attached hydrogens (tertiary/aromatic N) is 4. The smallest absolute Gasteiger partial charge is 0.277 e. The van der Waals surface area contributed by atoms with Gasteiger partial charge in [0.1, 0.15) is 18.6 Å². The van der Waals surface area contributed by atoms with Crippen molar-refractivity contribution in [3.8, 4) is 0 Å². The van der Waals surface area contributed by atoms with Gasteiger partial charge in [0, 0.05) is 26.1 Å². The largest absolute Gasteiger partial charge is 0.381 e. The summed E-state index contributed by atoms with van der Waals surface area (Å²) < 4.78 is 10.6. The maximum atomic E-state index is 10.5. The molecule has 0 aromatic rings. The van der Waals surface area contributed by atoms with Crippen LogP contribution in [0.4, 0.5) is 0 Å². The van der Waals surface area contributed by atoms with Gasteiger partial charge in [-0.15, -0.1) is 0 Å². The first-order chi connectivity index (χ1) is 8.16. The third-order valence-electron chi connectivity index (χ3n) is 2.83. The van der Waals surface area contributed by atoms with E-state index in [1.807, 2.05) is 0 Å². The molecule has 1 unspecified atom stereocenters. The Labute approximate surface area is 98.9 Å². The minimum absolute atomic E-state index is 0.324. The molecular weight excluding hydrogens is 228 g/mol. The highest BCUT2D eigenvalue weighted by atomic mass is 16.7. The second kappa shape index (κ2) is 5.28. The van der Waals surface area contributed by atoms with E-state index in [0.29, 0.717) is 38.5 Å². The van der Waals surface area contributed by atoms with Gasteiger partial charge in [0.25, 0.3) is 5.96 Å². The summed E-state index contributed by atoms with van der Waals surface area (Å²) >= 11 is 0. The molecule has 8 heteroatoms. The summed E-state index contributed by atoms with van der Waals surface area (Å²) in [5.74, 6) is 0.746. The molecule has 0 spiro atoms. The minimum Gasteiger partial charge on any atom is -0.381 e. The molecule has 0 aliphatic carbocycles. The third kappa shape index (κ3) is 3.04. The van der Waals surface area contributed by atoms with Crippen LogP contribution in [0.2, 0.25) is 0 Å². The lowest BCUT2D eigenvalue weighted by molar-refractivity contribution is -0.486. The number of hydrogen-bond donors (Lipinski definition) is 0. The van der Waals surface area contributed by atoms with Gasteiger partial charge in [-0.1, -0.05) is 0 Å². The predicted octanol–water partition coefficient (Wildman–Crippen LogP) is -0.250. The summed E-state index contributed by atoms with van der Waals surface area (Å²) in [6, 6.07) is 0. The lowest BCUT2D eigenvalue weighted by Gasteiger charge is -2.35. The summed E-state index contributed by atoms with van der Waals surface area (Å²) in [6.45, 7) is 2.80. The molecule has 0 aromatic heterocycles. The van der Waals surface area contributed by atoms with Gasteiger partial charge in [0.05, 0.1) is 6.61 Å². The first-order valence-corrected chi connectivity index (χ1v) is 5.51. The summed E-state index contributed by atoms with van der Waals surface area (Å²) in [7, 11) is 1.72. The summed E-state index contributed by atoms with van der Waals surface area (Å²) in [6.07, 6.45) is 0.978. The van der Waals surface area contributed by atoms with Crippen molar-refractivity contribution in [2.24, 2.45) is 11.0 Å². The second-order valence-electron chi connectivity index (χ2n) is 4.25. The quantitative estimate of drug-likeness (QED) is 0.503. The Morgan fingerprint density at radius 1 is 1.53 bits per heavy atom. The van der Waals surface area contributed by atoms with E-state index in [0.717, 1.165) is 13.0 Å². The van der Waals surface area contributed by atoms with Gasteiger partial charge in [-0.25, -0.2) is 10.1 Å². The van der Waals surface area contributed by atoms with E-state index in [2.05, 4.69) is 5.10 Å². The van der Waals surface area contributed by atoms with Crippen LogP contribution in [0.1, 0.15) is 6.42 Å². The standard InChI is InChI=1S/C9H16N4O4/c1-11-6-17-7-12(9(11)10-13(14)15)4-8-2-3-16-5-8/h8H,2-7H2,1H3/b10-9-. The third-order valence-corrected chi connectivity index (χ3v) is 2.83. The highest BCUT2D eigenvalue weighted by molar-refractivity contribution is 5.79. The van der Waals surface area contributed by atoms with Crippen LogP contribution in [-0.2, 0) is 9.47 Å². The highest BCUT2D eigenvalue weighted by Crippen LogP contribution is 2.16. The fourth-order valence-electron chi connectivity index (χ4n) is 2.03. The van der Waals surface area contributed by atoms with E-state index in [4.69, 9.17) is 9.47 Å². The summed E-state index contributed by atoms with van der Waals surface area (Å²) in [4.78, 5) is 13.9. The van der Waals surface area contributed by atoms with E-state index in [-0.39, 0.29) is 0 Å². The first-order valence-electron chi connectivity index (χ1n) is 5.51. The van der Waals surface area contributed by atoms with Gasteiger partial charge in [0.15, 0.2) is 5.03 Å². The highest BCUT2D eigenvalue weighted by Gasteiger charge is 2.28. The van der Waals surface area contributed by atoms with Gasteiger partial charge in [0.2, 0.25) is 0 Å². The molecule has 17 heavy (non-hydrogen) atoms. The van der Waals surface area contributed by atoms with E-state index >= 15 is 0 Å². The molecule has 96 valence electrons. The Kier molecular flexibility index (Phi) is 3.75. The molecule has 1 atom stereocenters. The maximum absolute atomic E-state index is 10.5. The van der Waals surface area contributed by atoms with Crippen LogP contribution in [0.25, 0.3) is 0 Å². The average Bonchev–Trinajstić information content (AvgIpc) is 2.75. The van der Waals surface area contributed by atoms with Crippen molar-refractivity contribution in [1.29, 1.82) is 0 Å². The van der Waals surface area contributed by atoms with E-state index in [1.165, 1.54) is 0 Å². The molecule has 0 radical (unpaired) electrons. The fourth-order valence-corrected chi connectivity index (χ4v) is 2.03. The number of nitro groups is 1. The van der Waals surface area contributed by atoms with Crippen molar-refractivity contribution < 1.29 is 14.5 Å². The second-order valence-corrected chi connectivity index (χ2v) is 4.25. The van der Waals surface area contributed by atoms with Gasteiger partial charge in [-0.2, -0.15) is 0 Å². The maximum Gasteiger partial charge on any atom is 0.277 e. The minimum atomic E-state index is -0.671. The summed E-state index contributed by atoms with van der Waals surface area (Å²) in [5.41, 5.74) is 0. The molecule has 0 saturated carbocycles. The Morgan fingerprint density at radius 3 is 3.00 bits per heavy atom. The van der Waals surface area contributed by atoms with Crippen molar-refractivity contribution in [1.82, 2.24) is 9.80 Å².